The van der Waals surface area contributed by atoms with Crippen LogP contribution in [0.4, 0.5) is 4.39 Å². The maximum Gasteiger partial charge on any atom is 0.290 e. The van der Waals surface area contributed by atoms with Gasteiger partial charge in [0.05, 0.1) is 7.11 Å². The molecule has 0 amide bonds. The first-order chi connectivity index (χ1) is 9.94. The highest BCUT2D eigenvalue weighted by atomic mass is 19.1. The van der Waals surface area contributed by atoms with Crippen LogP contribution in [0.15, 0.2) is 29.1 Å². The van der Waals surface area contributed by atoms with E-state index >= 15 is 0 Å². The van der Waals surface area contributed by atoms with Crippen LogP contribution in [0.5, 0.6) is 5.75 Å². The monoisotopic (exact) mass is 293 g/mol. The van der Waals surface area contributed by atoms with Crippen LogP contribution in [-0.4, -0.2) is 23.7 Å². The summed E-state index contributed by atoms with van der Waals surface area (Å²) in [7, 11) is 1.40. The van der Waals surface area contributed by atoms with Crippen LogP contribution in [0.2, 0.25) is 0 Å². The molecule has 0 spiro atoms. The second-order valence-electron chi connectivity index (χ2n) is 4.27. The number of pyridine rings is 1. The zero-order valence-electron chi connectivity index (χ0n) is 11.9. The number of H-pyrrole nitrogens is 1. The van der Waals surface area contributed by atoms with Crippen LogP contribution in [0, 0.1) is 19.7 Å². The number of methoxy groups -OCH3 is 1. The predicted molar refractivity (Wildman–Crippen MR) is 77.2 cm³/mol. The van der Waals surface area contributed by atoms with Crippen LogP contribution in [0.25, 0.3) is 11.1 Å². The van der Waals surface area contributed by atoms with Gasteiger partial charge in [-0.15, -0.1) is 0 Å². The van der Waals surface area contributed by atoms with E-state index in [1.165, 1.54) is 19.2 Å². The molecular weight excluding hydrogens is 277 g/mol. The first-order valence-corrected chi connectivity index (χ1v) is 6.06. The third-order valence-corrected chi connectivity index (χ3v) is 2.96. The highest BCUT2D eigenvalue weighted by Crippen LogP contribution is 2.24. The van der Waals surface area contributed by atoms with Crippen molar-refractivity contribution in [1.29, 1.82) is 0 Å². The fourth-order valence-electron chi connectivity index (χ4n) is 1.77. The average Bonchev–Trinajstić information content (AvgIpc) is 2.43. The standard InChI is InChI=1S/C14H14FNO2.CH2O2/c1-8-6-11(14(17)16-9(8)2)10-4-5-13(18-3)12(15)7-10;2-1-3/h4-7H,1-3H3,(H,16,17);1H,(H,2,3). The van der Waals surface area contributed by atoms with Gasteiger partial charge in [0, 0.05) is 11.3 Å². The summed E-state index contributed by atoms with van der Waals surface area (Å²) in [6.07, 6.45) is 0. The molecule has 0 bridgehead atoms. The number of ether oxygens (including phenoxy) is 1. The Balaban J connectivity index is 0.000000677. The summed E-state index contributed by atoms with van der Waals surface area (Å²) >= 11 is 0. The molecule has 0 saturated heterocycles. The number of aromatic amines is 1. The number of hydrogen-bond acceptors (Lipinski definition) is 3. The fourth-order valence-corrected chi connectivity index (χ4v) is 1.77. The molecule has 0 aliphatic heterocycles. The molecule has 21 heavy (non-hydrogen) atoms. The molecule has 0 atom stereocenters. The number of nitrogens with one attached hydrogen (secondary N) is 1. The lowest BCUT2D eigenvalue weighted by Crippen LogP contribution is -2.11. The highest BCUT2D eigenvalue weighted by Gasteiger charge is 2.09. The Morgan fingerprint density at radius 2 is 1.90 bits per heavy atom. The van der Waals surface area contributed by atoms with Crippen molar-refractivity contribution in [2.45, 2.75) is 13.8 Å². The largest absolute Gasteiger partial charge is 0.494 e. The van der Waals surface area contributed by atoms with Crippen molar-refractivity contribution in [3.05, 3.63) is 51.7 Å². The number of carbonyl (C=O) groups is 1. The maximum atomic E-state index is 13.6. The zero-order valence-corrected chi connectivity index (χ0v) is 11.9. The van der Waals surface area contributed by atoms with Gasteiger partial charge in [-0.25, -0.2) is 4.39 Å². The van der Waals surface area contributed by atoms with E-state index in [1.807, 2.05) is 13.8 Å². The molecule has 0 unspecified atom stereocenters. The van der Waals surface area contributed by atoms with E-state index in [0.717, 1.165) is 11.3 Å². The molecular formula is C15H16FNO4. The van der Waals surface area contributed by atoms with E-state index in [1.54, 1.807) is 12.1 Å². The fraction of sp³-hybridized carbons (Fsp3) is 0.200. The molecule has 5 nitrogen and oxygen atoms in total. The first kappa shape index (κ1) is 16.4. The Morgan fingerprint density at radius 1 is 1.29 bits per heavy atom. The second-order valence-corrected chi connectivity index (χ2v) is 4.27. The van der Waals surface area contributed by atoms with Crippen molar-refractivity contribution in [3.63, 3.8) is 0 Å². The summed E-state index contributed by atoms with van der Waals surface area (Å²) in [6.45, 7) is 3.48. The smallest absolute Gasteiger partial charge is 0.290 e. The van der Waals surface area contributed by atoms with Gasteiger partial charge in [-0.3, -0.25) is 9.59 Å². The Bertz CT molecular complexity index is 695. The van der Waals surface area contributed by atoms with Crippen molar-refractivity contribution in [2.75, 3.05) is 7.11 Å². The van der Waals surface area contributed by atoms with Gasteiger partial charge in [-0.1, -0.05) is 6.07 Å². The lowest BCUT2D eigenvalue weighted by atomic mass is 10.0. The number of halogens is 1. The van der Waals surface area contributed by atoms with E-state index in [9.17, 15) is 9.18 Å². The Kier molecular flexibility index (Phi) is 5.66. The number of benzene rings is 1. The van der Waals surface area contributed by atoms with Gasteiger partial charge in [0.15, 0.2) is 11.6 Å². The molecule has 1 aromatic carbocycles. The number of aryl methyl sites for hydroxylation is 2. The molecule has 2 N–H and O–H groups in total. The van der Waals surface area contributed by atoms with E-state index in [-0.39, 0.29) is 17.8 Å². The van der Waals surface area contributed by atoms with E-state index in [4.69, 9.17) is 14.6 Å². The minimum atomic E-state index is -0.479. The van der Waals surface area contributed by atoms with Crippen molar-refractivity contribution < 1.29 is 19.0 Å². The summed E-state index contributed by atoms with van der Waals surface area (Å²) in [5, 5.41) is 6.89. The third kappa shape index (κ3) is 3.92. The lowest BCUT2D eigenvalue weighted by molar-refractivity contribution is -0.122. The zero-order chi connectivity index (χ0) is 16.0. The van der Waals surface area contributed by atoms with Gasteiger partial charge < -0.3 is 14.8 Å². The molecule has 0 fully saturated rings. The maximum absolute atomic E-state index is 13.6. The normalized spacial score (nSPS) is 9.52. The van der Waals surface area contributed by atoms with Crippen molar-refractivity contribution >= 4 is 6.47 Å². The van der Waals surface area contributed by atoms with Crippen molar-refractivity contribution in [2.24, 2.45) is 0 Å². The molecule has 0 saturated carbocycles. The quantitative estimate of drug-likeness (QED) is 0.834. The summed E-state index contributed by atoms with van der Waals surface area (Å²) in [6, 6.07) is 6.24. The lowest BCUT2D eigenvalue weighted by Gasteiger charge is -2.07. The number of hydrogen-bond donors (Lipinski definition) is 2. The van der Waals surface area contributed by atoms with E-state index in [0.29, 0.717) is 11.1 Å². The van der Waals surface area contributed by atoms with E-state index < -0.39 is 5.82 Å². The number of carboxylic acid groups (broad SMARTS) is 1. The predicted octanol–water partition coefficient (Wildman–Crippen LogP) is 2.51. The molecule has 6 heteroatoms. The Hall–Kier alpha value is -2.63. The minimum absolute atomic E-state index is 0.166. The second kappa shape index (κ2) is 7.23. The molecule has 0 aliphatic rings. The number of rotatable bonds is 2. The van der Waals surface area contributed by atoms with Crippen LogP contribution in [-0.2, 0) is 4.79 Å². The summed E-state index contributed by atoms with van der Waals surface area (Å²) < 4.78 is 18.5. The molecule has 1 aromatic heterocycles. The molecule has 112 valence electrons. The van der Waals surface area contributed by atoms with Crippen LogP contribution in [0.1, 0.15) is 11.3 Å². The first-order valence-electron chi connectivity index (χ1n) is 6.06. The van der Waals surface area contributed by atoms with E-state index in [2.05, 4.69) is 4.98 Å². The van der Waals surface area contributed by atoms with Crippen LogP contribution >= 0.6 is 0 Å². The van der Waals surface area contributed by atoms with Gasteiger partial charge in [-0.05, 0) is 43.2 Å². The van der Waals surface area contributed by atoms with Gasteiger partial charge >= 0.3 is 0 Å². The van der Waals surface area contributed by atoms with Crippen molar-refractivity contribution in [1.82, 2.24) is 4.98 Å². The van der Waals surface area contributed by atoms with Gasteiger partial charge in [0.2, 0.25) is 0 Å². The Labute approximate surface area is 121 Å². The van der Waals surface area contributed by atoms with Gasteiger partial charge in [0.1, 0.15) is 0 Å². The average molecular weight is 293 g/mol. The minimum Gasteiger partial charge on any atom is -0.494 e. The molecule has 0 radical (unpaired) electrons. The van der Waals surface area contributed by atoms with Crippen LogP contribution in [0.3, 0.4) is 0 Å². The SMILES string of the molecule is COc1ccc(-c2cc(C)c(C)[nH]c2=O)cc1F.O=CO. The summed E-state index contributed by atoms with van der Waals surface area (Å²) in [5.74, 6) is -0.313. The summed E-state index contributed by atoms with van der Waals surface area (Å²) in [4.78, 5) is 23.0. The molecule has 2 rings (SSSR count). The highest BCUT2D eigenvalue weighted by molar-refractivity contribution is 5.64. The number of aromatic nitrogens is 1. The van der Waals surface area contributed by atoms with Gasteiger partial charge in [-0.2, -0.15) is 0 Å². The Morgan fingerprint density at radius 3 is 2.43 bits per heavy atom. The molecule has 1 heterocycles. The van der Waals surface area contributed by atoms with Crippen LogP contribution < -0.4 is 10.3 Å². The molecule has 2 aromatic rings. The topological polar surface area (TPSA) is 79.4 Å². The summed E-state index contributed by atoms with van der Waals surface area (Å²) in [5.41, 5.74) is 2.55. The van der Waals surface area contributed by atoms with Gasteiger partial charge in [0.25, 0.3) is 12.0 Å². The third-order valence-electron chi connectivity index (χ3n) is 2.96. The van der Waals surface area contributed by atoms with Crippen molar-refractivity contribution in [3.8, 4) is 16.9 Å². The molecule has 0 aliphatic carbocycles.